The van der Waals surface area contributed by atoms with Crippen LogP contribution in [-0.2, 0) is 14.8 Å². The number of aliphatic hydroxyl groups is 1. The Balaban J connectivity index is 1.57. The van der Waals surface area contributed by atoms with Crippen LogP contribution in [-0.4, -0.2) is 51.7 Å². The Labute approximate surface area is 187 Å². The summed E-state index contributed by atoms with van der Waals surface area (Å²) >= 11 is 0. The molecule has 0 aliphatic rings. The van der Waals surface area contributed by atoms with Crippen LogP contribution >= 0.6 is 0 Å². The first-order valence-corrected chi connectivity index (χ1v) is 11.6. The van der Waals surface area contributed by atoms with E-state index in [2.05, 4.69) is 10.0 Å². The number of sulfonamides is 1. The summed E-state index contributed by atoms with van der Waals surface area (Å²) in [5, 5.41) is 23.4. The van der Waals surface area contributed by atoms with Gasteiger partial charge < -0.3 is 20.4 Å². The van der Waals surface area contributed by atoms with Gasteiger partial charge in [-0.1, -0.05) is 36.4 Å². The molecule has 1 amide bonds. The van der Waals surface area contributed by atoms with Crippen molar-refractivity contribution in [3.8, 4) is 5.75 Å². The predicted octanol–water partition coefficient (Wildman–Crippen LogP) is 2.13. The molecule has 4 N–H and O–H groups in total. The maximum atomic E-state index is 12.9. The van der Waals surface area contributed by atoms with Gasteiger partial charge in [0.15, 0.2) is 6.10 Å². The maximum Gasteiger partial charge on any atom is 0.253 e. The molecule has 0 fully saturated rings. The Morgan fingerprint density at radius 1 is 0.969 bits per heavy atom. The zero-order valence-corrected chi connectivity index (χ0v) is 18.8. The number of anilines is 1. The predicted molar refractivity (Wildman–Crippen MR) is 124 cm³/mol. The van der Waals surface area contributed by atoms with E-state index in [-0.39, 0.29) is 23.7 Å². The van der Waals surface area contributed by atoms with Crippen LogP contribution in [0.1, 0.15) is 18.1 Å². The average Bonchev–Trinajstić information content (AvgIpc) is 2.77. The average molecular weight is 458 g/mol. The maximum absolute atomic E-state index is 12.9. The molecule has 170 valence electrons. The van der Waals surface area contributed by atoms with Crippen molar-refractivity contribution in [2.45, 2.75) is 17.4 Å². The van der Waals surface area contributed by atoms with Gasteiger partial charge in [-0.25, -0.2) is 13.1 Å². The Kier molecular flexibility index (Phi) is 7.34. The number of hydrogen-bond acceptors (Lipinski definition) is 6. The number of phenolic OH excluding ortho intramolecular Hbond substituents is 1. The highest BCUT2D eigenvalue weighted by Crippen LogP contribution is 2.30. The van der Waals surface area contributed by atoms with Crippen LogP contribution in [0.3, 0.4) is 0 Å². The minimum atomic E-state index is -3.75. The van der Waals surface area contributed by atoms with E-state index in [1.54, 1.807) is 18.2 Å². The number of carbonyl (C=O) groups excluding carboxylic acids is 1. The number of nitrogens with zero attached hydrogens (tertiary/aromatic N) is 1. The van der Waals surface area contributed by atoms with E-state index in [0.29, 0.717) is 17.4 Å². The molecular formula is C23H27N3O5S. The van der Waals surface area contributed by atoms with Crippen molar-refractivity contribution >= 4 is 32.4 Å². The quantitative estimate of drug-likeness (QED) is 0.366. The second-order valence-corrected chi connectivity index (χ2v) is 9.29. The zero-order chi connectivity index (χ0) is 23.3. The lowest BCUT2D eigenvalue weighted by Crippen LogP contribution is -2.32. The van der Waals surface area contributed by atoms with Gasteiger partial charge in [-0.05, 0) is 36.2 Å². The van der Waals surface area contributed by atoms with Crippen LogP contribution in [0.15, 0.2) is 65.6 Å². The number of fused-ring (bicyclic) bond motifs is 1. The largest absolute Gasteiger partial charge is 0.508 e. The van der Waals surface area contributed by atoms with E-state index < -0.39 is 22.0 Å². The minimum Gasteiger partial charge on any atom is -0.508 e. The van der Waals surface area contributed by atoms with E-state index in [9.17, 15) is 23.4 Å². The van der Waals surface area contributed by atoms with Crippen LogP contribution < -0.4 is 14.9 Å². The standard InChI is InChI=1S/C23H27N3O5S/c1-26(2)20-8-3-7-19-18(20)6-4-9-21(19)32(30,31)25-15-5-14-24-23(29)22(28)16-10-12-17(27)13-11-16/h3-4,6-13,22,25,27-28H,5,14-15H2,1-2H3,(H,24,29). The van der Waals surface area contributed by atoms with E-state index in [0.717, 1.165) is 11.1 Å². The van der Waals surface area contributed by atoms with Crippen molar-refractivity contribution in [2.24, 2.45) is 0 Å². The number of aliphatic hydroxyl groups excluding tert-OH is 1. The molecule has 0 heterocycles. The molecule has 0 aliphatic heterocycles. The number of phenols is 1. The van der Waals surface area contributed by atoms with Crippen LogP contribution in [0.5, 0.6) is 5.75 Å². The van der Waals surface area contributed by atoms with Crippen molar-refractivity contribution in [3.05, 3.63) is 66.2 Å². The molecule has 9 heteroatoms. The summed E-state index contributed by atoms with van der Waals surface area (Å²) in [6, 6.07) is 16.4. The Morgan fingerprint density at radius 2 is 1.62 bits per heavy atom. The monoisotopic (exact) mass is 457 g/mol. The van der Waals surface area contributed by atoms with Crippen molar-refractivity contribution in [3.63, 3.8) is 0 Å². The lowest BCUT2D eigenvalue weighted by atomic mass is 10.1. The number of hydrogen-bond donors (Lipinski definition) is 4. The van der Waals surface area contributed by atoms with Gasteiger partial charge >= 0.3 is 0 Å². The van der Waals surface area contributed by atoms with Gasteiger partial charge in [-0.15, -0.1) is 0 Å². The van der Waals surface area contributed by atoms with Gasteiger partial charge in [0.25, 0.3) is 5.91 Å². The molecule has 0 saturated heterocycles. The number of aromatic hydroxyl groups is 1. The Bertz CT molecular complexity index is 1190. The molecule has 1 atom stereocenters. The summed E-state index contributed by atoms with van der Waals surface area (Å²) in [6.45, 7) is 0.318. The van der Waals surface area contributed by atoms with Crippen LogP contribution in [0, 0.1) is 0 Å². The second kappa shape index (κ2) is 9.99. The molecule has 0 radical (unpaired) electrons. The third kappa shape index (κ3) is 5.37. The summed E-state index contributed by atoms with van der Waals surface area (Å²) in [7, 11) is 0.0600. The molecule has 0 spiro atoms. The lowest BCUT2D eigenvalue weighted by Gasteiger charge is -2.17. The highest BCUT2D eigenvalue weighted by molar-refractivity contribution is 7.89. The number of nitrogens with one attached hydrogen (secondary N) is 2. The molecule has 3 aromatic rings. The zero-order valence-electron chi connectivity index (χ0n) is 17.9. The van der Waals surface area contributed by atoms with E-state index in [4.69, 9.17) is 0 Å². The first-order valence-electron chi connectivity index (χ1n) is 10.1. The van der Waals surface area contributed by atoms with E-state index in [1.807, 2.05) is 37.2 Å². The minimum absolute atomic E-state index is 0.0396. The molecule has 8 nitrogen and oxygen atoms in total. The fourth-order valence-corrected chi connectivity index (χ4v) is 4.67. The molecular weight excluding hydrogens is 430 g/mol. The van der Waals surface area contributed by atoms with Crippen LogP contribution in [0.2, 0.25) is 0 Å². The van der Waals surface area contributed by atoms with Crippen molar-refractivity contribution < 1.29 is 23.4 Å². The number of amides is 1. The lowest BCUT2D eigenvalue weighted by molar-refractivity contribution is -0.129. The van der Waals surface area contributed by atoms with Gasteiger partial charge in [-0.3, -0.25) is 4.79 Å². The van der Waals surface area contributed by atoms with Gasteiger partial charge in [0.1, 0.15) is 5.75 Å². The summed E-state index contributed by atoms with van der Waals surface area (Å²) in [5.41, 5.74) is 1.28. The molecule has 3 aromatic carbocycles. The smallest absolute Gasteiger partial charge is 0.253 e. The number of benzene rings is 3. The van der Waals surface area contributed by atoms with Gasteiger partial charge in [0.05, 0.1) is 4.90 Å². The summed E-state index contributed by atoms with van der Waals surface area (Å²) in [6.07, 6.45) is -1.02. The van der Waals surface area contributed by atoms with E-state index in [1.165, 1.54) is 24.3 Å². The topological polar surface area (TPSA) is 119 Å². The molecule has 3 rings (SSSR count). The van der Waals surface area contributed by atoms with Gasteiger partial charge in [-0.2, -0.15) is 0 Å². The summed E-state index contributed by atoms with van der Waals surface area (Å²) in [5.74, 6) is -0.554. The molecule has 0 aromatic heterocycles. The fourth-order valence-electron chi connectivity index (χ4n) is 3.38. The SMILES string of the molecule is CN(C)c1cccc2c(S(=O)(=O)NCCCNC(=O)C(O)c3ccc(O)cc3)cccc12. The number of rotatable bonds is 9. The van der Waals surface area contributed by atoms with Crippen molar-refractivity contribution in [2.75, 3.05) is 32.1 Å². The molecule has 32 heavy (non-hydrogen) atoms. The number of carbonyl (C=O) groups is 1. The Morgan fingerprint density at radius 3 is 2.31 bits per heavy atom. The Hall–Kier alpha value is -3.14. The molecule has 0 bridgehead atoms. The third-order valence-corrected chi connectivity index (χ3v) is 6.55. The molecule has 0 saturated carbocycles. The molecule has 0 aliphatic carbocycles. The fraction of sp³-hybridized carbons (Fsp3) is 0.261. The summed E-state index contributed by atoms with van der Waals surface area (Å²) in [4.78, 5) is 14.2. The van der Waals surface area contributed by atoms with Crippen LogP contribution in [0.25, 0.3) is 10.8 Å². The highest BCUT2D eigenvalue weighted by Gasteiger charge is 2.19. The van der Waals surface area contributed by atoms with Crippen molar-refractivity contribution in [1.82, 2.24) is 10.0 Å². The van der Waals surface area contributed by atoms with Crippen molar-refractivity contribution in [1.29, 1.82) is 0 Å². The highest BCUT2D eigenvalue weighted by atomic mass is 32.2. The van der Waals surface area contributed by atoms with Gasteiger partial charge in [0, 0.05) is 43.6 Å². The van der Waals surface area contributed by atoms with E-state index >= 15 is 0 Å². The third-order valence-electron chi connectivity index (χ3n) is 5.03. The first kappa shape index (κ1) is 23.5. The van der Waals surface area contributed by atoms with Gasteiger partial charge in [0.2, 0.25) is 10.0 Å². The first-order chi connectivity index (χ1) is 15.2. The second-order valence-electron chi connectivity index (χ2n) is 7.56. The molecule has 1 unspecified atom stereocenters. The summed E-state index contributed by atoms with van der Waals surface area (Å²) < 4.78 is 28.3. The van der Waals surface area contributed by atoms with Crippen LogP contribution in [0.4, 0.5) is 5.69 Å². The normalized spacial score (nSPS) is 12.5.